The third-order valence-electron chi connectivity index (χ3n) is 2.38. The van der Waals surface area contributed by atoms with Gasteiger partial charge in [-0.15, -0.1) is 0 Å². The van der Waals surface area contributed by atoms with Crippen LogP contribution in [0.25, 0.3) is 0 Å². The van der Waals surface area contributed by atoms with Gasteiger partial charge in [0.1, 0.15) is 0 Å². The molecular weight excluding hydrogens is 238 g/mol. The summed E-state index contributed by atoms with van der Waals surface area (Å²) >= 11 is 0. The van der Waals surface area contributed by atoms with Crippen LogP contribution in [0, 0.1) is 0 Å². The molecule has 1 aromatic heterocycles. The highest BCUT2D eigenvalue weighted by atomic mass is 19.3. The molecular formula is C10H15F4N3. The van der Waals surface area contributed by atoms with Crippen molar-refractivity contribution in [3.05, 3.63) is 17.5 Å². The zero-order chi connectivity index (χ0) is 13.1. The smallest absolute Gasteiger partial charge is 0.305 e. The first-order chi connectivity index (χ1) is 7.86. The van der Waals surface area contributed by atoms with Gasteiger partial charge in [0.25, 0.3) is 0 Å². The van der Waals surface area contributed by atoms with Gasteiger partial charge in [-0.1, -0.05) is 6.92 Å². The monoisotopic (exact) mass is 253 g/mol. The van der Waals surface area contributed by atoms with Crippen molar-refractivity contribution in [2.75, 3.05) is 6.54 Å². The highest BCUT2D eigenvalue weighted by Gasteiger charge is 2.39. The predicted octanol–water partition coefficient (Wildman–Crippen LogP) is 1.97. The number of hydrogen-bond acceptors (Lipinski definition) is 2. The van der Waals surface area contributed by atoms with Crippen molar-refractivity contribution < 1.29 is 17.6 Å². The maximum Gasteiger partial charge on any atom is 0.319 e. The van der Waals surface area contributed by atoms with Crippen molar-refractivity contribution in [1.29, 1.82) is 0 Å². The number of alkyl halides is 4. The Bertz CT molecular complexity index is 362. The first kappa shape index (κ1) is 14.0. The van der Waals surface area contributed by atoms with E-state index in [0.717, 1.165) is 12.1 Å². The second-order valence-electron chi connectivity index (χ2n) is 3.77. The Morgan fingerprint density at radius 2 is 2.12 bits per heavy atom. The number of nitrogens with zero attached hydrogens (tertiary/aromatic N) is 2. The average molecular weight is 253 g/mol. The van der Waals surface area contributed by atoms with Gasteiger partial charge < -0.3 is 5.32 Å². The number of aryl methyl sites for hydroxylation is 2. The topological polar surface area (TPSA) is 29.9 Å². The number of aromatic nitrogens is 2. The molecule has 98 valence electrons. The maximum atomic E-state index is 12.6. The zero-order valence-corrected chi connectivity index (χ0v) is 9.68. The molecule has 17 heavy (non-hydrogen) atoms. The van der Waals surface area contributed by atoms with Gasteiger partial charge in [-0.05, 0) is 12.5 Å². The molecule has 0 amide bonds. The lowest BCUT2D eigenvalue weighted by atomic mass is 10.3. The Labute approximate surface area is 96.8 Å². The highest BCUT2D eigenvalue weighted by Crippen LogP contribution is 2.21. The molecule has 3 nitrogen and oxygen atoms in total. The fourth-order valence-electron chi connectivity index (χ4n) is 1.34. The van der Waals surface area contributed by atoms with Gasteiger partial charge in [0.05, 0.1) is 17.9 Å². The third kappa shape index (κ3) is 3.69. The van der Waals surface area contributed by atoms with Crippen LogP contribution in [0.2, 0.25) is 0 Å². The first-order valence-electron chi connectivity index (χ1n) is 5.25. The van der Waals surface area contributed by atoms with Crippen LogP contribution in [0.4, 0.5) is 17.6 Å². The predicted molar refractivity (Wildman–Crippen MR) is 55.2 cm³/mol. The summed E-state index contributed by atoms with van der Waals surface area (Å²) in [7, 11) is 1.68. The summed E-state index contributed by atoms with van der Waals surface area (Å²) < 4.78 is 50.5. The van der Waals surface area contributed by atoms with E-state index in [-0.39, 0.29) is 6.54 Å². The molecule has 0 spiro atoms. The lowest BCUT2D eigenvalue weighted by Gasteiger charge is -2.15. The van der Waals surface area contributed by atoms with Crippen LogP contribution in [0.5, 0.6) is 0 Å². The lowest BCUT2D eigenvalue weighted by molar-refractivity contribution is -0.125. The molecule has 1 N–H and O–H groups in total. The van der Waals surface area contributed by atoms with Crippen molar-refractivity contribution >= 4 is 0 Å². The molecule has 1 heterocycles. The first-order valence-corrected chi connectivity index (χ1v) is 5.25. The average Bonchev–Trinajstić information content (AvgIpc) is 2.59. The molecule has 0 radical (unpaired) electrons. The molecule has 0 saturated heterocycles. The Balaban J connectivity index is 2.48. The van der Waals surface area contributed by atoms with E-state index in [1.54, 1.807) is 17.8 Å². The molecule has 0 bridgehead atoms. The van der Waals surface area contributed by atoms with E-state index in [1.165, 1.54) is 0 Å². The Morgan fingerprint density at radius 3 is 2.59 bits per heavy atom. The third-order valence-corrected chi connectivity index (χ3v) is 2.38. The minimum absolute atomic E-state index is 0.0891. The summed E-state index contributed by atoms with van der Waals surface area (Å²) in [4.78, 5) is 0. The van der Waals surface area contributed by atoms with Crippen molar-refractivity contribution in [2.24, 2.45) is 7.05 Å². The fraction of sp³-hybridized carbons (Fsp3) is 0.700. The molecule has 1 aromatic rings. The van der Waals surface area contributed by atoms with Crippen LogP contribution in [0.1, 0.15) is 18.3 Å². The summed E-state index contributed by atoms with van der Waals surface area (Å²) in [6, 6.07) is 1.76. The summed E-state index contributed by atoms with van der Waals surface area (Å²) in [5, 5.41) is 6.43. The molecule has 0 fully saturated rings. The van der Waals surface area contributed by atoms with E-state index >= 15 is 0 Å². The number of hydrogen-bond donors (Lipinski definition) is 1. The SMILES string of the molecule is CCc1cc(CNCC(F)(F)C(F)F)n(C)n1. The van der Waals surface area contributed by atoms with Gasteiger partial charge in [0.15, 0.2) is 0 Å². The minimum Gasteiger partial charge on any atom is -0.305 e. The van der Waals surface area contributed by atoms with Crippen molar-refractivity contribution in [1.82, 2.24) is 15.1 Å². The van der Waals surface area contributed by atoms with Crippen LogP contribution in [-0.4, -0.2) is 28.7 Å². The molecule has 0 unspecified atom stereocenters. The fourth-order valence-corrected chi connectivity index (χ4v) is 1.34. The van der Waals surface area contributed by atoms with Gasteiger partial charge in [-0.2, -0.15) is 13.9 Å². The number of rotatable bonds is 6. The second kappa shape index (κ2) is 5.48. The Hall–Kier alpha value is -1.11. The molecule has 7 heteroatoms. The van der Waals surface area contributed by atoms with Crippen LogP contribution in [0.3, 0.4) is 0 Å². The molecule has 0 aliphatic rings. The Morgan fingerprint density at radius 1 is 1.47 bits per heavy atom. The molecule has 0 aromatic carbocycles. The van der Waals surface area contributed by atoms with Gasteiger partial charge in [0, 0.05) is 13.6 Å². The van der Waals surface area contributed by atoms with Crippen LogP contribution in [0.15, 0.2) is 6.07 Å². The van der Waals surface area contributed by atoms with Gasteiger partial charge >= 0.3 is 12.3 Å². The minimum atomic E-state index is -3.99. The van der Waals surface area contributed by atoms with Crippen molar-refractivity contribution in [3.8, 4) is 0 Å². The standard InChI is InChI=1S/C10H15F4N3/c1-3-7-4-8(17(2)16-7)5-15-6-10(13,14)9(11)12/h4,9,15H,3,5-6H2,1-2H3. The van der Waals surface area contributed by atoms with Crippen LogP contribution < -0.4 is 5.32 Å². The van der Waals surface area contributed by atoms with E-state index in [9.17, 15) is 17.6 Å². The summed E-state index contributed by atoms with van der Waals surface area (Å²) in [6.07, 6.45) is -2.91. The largest absolute Gasteiger partial charge is 0.319 e. The van der Waals surface area contributed by atoms with E-state index in [2.05, 4.69) is 10.4 Å². The summed E-state index contributed by atoms with van der Waals surface area (Å²) in [6.45, 7) is 0.966. The van der Waals surface area contributed by atoms with E-state index < -0.39 is 18.9 Å². The summed E-state index contributed by atoms with van der Waals surface area (Å²) in [5.74, 6) is -3.99. The second-order valence-corrected chi connectivity index (χ2v) is 3.77. The van der Waals surface area contributed by atoms with Crippen LogP contribution >= 0.6 is 0 Å². The molecule has 0 saturated carbocycles. The highest BCUT2D eigenvalue weighted by molar-refractivity contribution is 5.09. The van der Waals surface area contributed by atoms with Gasteiger partial charge in [0.2, 0.25) is 0 Å². The van der Waals surface area contributed by atoms with Crippen molar-refractivity contribution in [3.63, 3.8) is 0 Å². The molecule has 0 aliphatic carbocycles. The Kier molecular flexibility index (Phi) is 4.50. The van der Waals surface area contributed by atoms with E-state index in [4.69, 9.17) is 0 Å². The molecule has 0 aliphatic heterocycles. The van der Waals surface area contributed by atoms with E-state index in [0.29, 0.717) is 5.69 Å². The lowest BCUT2D eigenvalue weighted by Crippen LogP contribution is -2.38. The molecule has 1 rings (SSSR count). The quantitative estimate of drug-likeness (QED) is 0.785. The number of halogens is 4. The van der Waals surface area contributed by atoms with E-state index in [1.807, 2.05) is 6.92 Å². The van der Waals surface area contributed by atoms with Crippen molar-refractivity contribution in [2.45, 2.75) is 32.2 Å². The normalized spacial score (nSPS) is 12.4. The zero-order valence-electron chi connectivity index (χ0n) is 9.68. The maximum absolute atomic E-state index is 12.6. The molecule has 0 atom stereocenters. The number of nitrogens with one attached hydrogen (secondary N) is 1. The van der Waals surface area contributed by atoms with Crippen LogP contribution in [-0.2, 0) is 20.0 Å². The summed E-state index contributed by atoms with van der Waals surface area (Å²) in [5.41, 5.74) is 1.52. The van der Waals surface area contributed by atoms with Gasteiger partial charge in [-0.25, -0.2) is 8.78 Å². The van der Waals surface area contributed by atoms with Gasteiger partial charge in [-0.3, -0.25) is 4.68 Å².